The molecule has 0 aromatic heterocycles. The van der Waals surface area contributed by atoms with Gasteiger partial charge in [0.05, 0.1) is 5.76 Å². The third-order valence-electron chi connectivity index (χ3n) is 1.94. The predicted molar refractivity (Wildman–Crippen MR) is 68.3 cm³/mol. The third-order valence-corrected chi connectivity index (χ3v) is 2.87. The Morgan fingerprint density at radius 1 is 1.20 bits per heavy atom. The Bertz CT molecular complexity index is 322. The van der Waals surface area contributed by atoms with Crippen molar-refractivity contribution in [2.75, 3.05) is 0 Å². The van der Waals surface area contributed by atoms with Crippen molar-refractivity contribution in [3.8, 4) is 0 Å². The molecular formula is C13H20OSi. The maximum Gasteiger partial charge on any atom is 0.241 e. The van der Waals surface area contributed by atoms with Gasteiger partial charge < -0.3 is 4.43 Å². The van der Waals surface area contributed by atoms with Crippen LogP contribution in [0.3, 0.4) is 0 Å². The molecule has 0 atom stereocenters. The summed E-state index contributed by atoms with van der Waals surface area (Å²) in [5.74, 6) is 1.05. The van der Waals surface area contributed by atoms with Crippen LogP contribution in [-0.2, 0) is 10.8 Å². The van der Waals surface area contributed by atoms with E-state index in [1.165, 1.54) is 5.56 Å². The van der Waals surface area contributed by atoms with Gasteiger partial charge in [-0.2, -0.15) is 0 Å². The van der Waals surface area contributed by atoms with Crippen molar-refractivity contribution >= 4 is 8.32 Å². The van der Waals surface area contributed by atoms with Crippen LogP contribution >= 0.6 is 0 Å². The van der Waals surface area contributed by atoms with E-state index in [9.17, 15) is 0 Å². The molecule has 0 amide bonds. The molecule has 0 heterocycles. The Kier molecular flexibility index (Phi) is 4.15. The van der Waals surface area contributed by atoms with Gasteiger partial charge in [-0.15, -0.1) is 0 Å². The molecule has 0 radical (unpaired) electrons. The van der Waals surface area contributed by atoms with Crippen molar-refractivity contribution in [2.24, 2.45) is 0 Å². The van der Waals surface area contributed by atoms with Crippen LogP contribution in [0.5, 0.6) is 0 Å². The van der Waals surface area contributed by atoms with Crippen molar-refractivity contribution in [2.45, 2.75) is 33.0 Å². The fourth-order valence-corrected chi connectivity index (χ4v) is 2.45. The second-order valence-corrected chi connectivity index (χ2v) is 9.15. The minimum absolute atomic E-state index is 0.956. The summed E-state index contributed by atoms with van der Waals surface area (Å²) in [5, 5.41) is 0. The third kappa shape index (κ3) is 5.43. The van der Waals surface area contributed by atoms with Crippen LogP contribution in [0, 0.1) is 0 Å². The van der Waals surface area contributed by atoms with Crippen LogP contribution in [0.1, 0.15) is 12.5 Å². The highest BCUT2D eigenvalue weighted by atomic mass is 28.4. The lowest BCUT2D eigenvalue weighted by Gasteiger charge is -2.19. The Labute approximate surface area is 93.9 Å². The SMILES string of the molecule is C/C(=C\Cc1ccccc1)O[Si](C)(C)C. The standard InChI is InChI=1S/C13H20OSi/c1-12(14-15(2,3)4)10-11-13-8-6-5-7-9-13/h5-10H,11H2,1-4H3/b12-10+. The summed E-state index contributed by atoms with van der Waals surface area (Å²) in [6.07, 6.45) is 3.12. The summed E-state index contributed by atoms with van der Waals surface area (Å²) in [6.45, 7) is 8.65. The summed E-state index contributed by atoms with van der Waals surface area (Å²) in [7, 11) is -1.43. The van der Waals surface area contributed by atoms with Gasteiger partial charge in [0.25, 0.3) is 0 Å². The van der Waals surface area contributed by atoms with Gasteiger partial charge in [0.15, 0.2) is 0 Å². The largest absolute Gasteiger partial charge is 0.548 e. The Hall–Kier alpha value is -1.02. The molecule has 0 saturated carbocycles. The van der Waals surface area contributed by atoms with Crippen LogP contribution in [0.25, 0.3) is 0 Å². The highest BCUT2D eigenvalue weighted by Gasteiger charge is 2.15. The lowest BCUT2D eigenvalue weighted by atomic mass is 10.1. The summed E-state index contributed by atoms with van der Waals surface area (Å²) >= 11 is 0. The Balaban J connectivity index is 2.51. The molecule has 0 unspecified atom stereocenters. The van der Waals surface area contributed by atoms with E-state index in [0.717, 1.165) is 12.2 Å². The molecule has 2 heteroatoms. The van der Waals surface area contributed by atoms with Crippen molar-refractivity contribution in [1.82, 2.24) is 0 Å². The molecule has 1 aromatic carbocycles. The Morgan fingerprint density at radius 2 is 1.80 bits per heavy atom. The Morgan fingerprint density at radius 3 is 2.33 bits per heavy atom. The normalized spacial score (nSPS) is 12.7. The first-order valence-electron chi connectivity index (χ1n) is 5.37. The summed E-state index contributed by atoms with van der Waals surface area (Å²) < 4.78 is 5.86. The van der Waals surface area contributed by atoms with Crippen molar-refractivity contribution in [1.29, 1.82) is 0 Å². The van der Waals surface area contributed by atoms with Crippen molar-refractivity contribution in [3.63, 3.8) is 0 Å². The first-order valence-corrected chi connectivity index (χ1v) is 8.78. The van der Waals surface area contributed by atoms with Crippen LogP contribution in [-0.4, -0.2) is 8.32 Å². The molecule has 1 aromatic rings. The maximum absolute atomic E-state index is 5.86. The van der Waals surface area contributed by atoms with Crippen LogP contribution in [0.4, 0.5) is 0 Å². The van der Waals surface area contributed by atoms with Gasteiger partial charge in [0.1, 0.15) is 0 Å². The number of hydrogen-bond donors (Lipinski definition) is 0. The molecule has 82 valence electrons. The van der Waals surface area contributed by atoms with Gasteiger partial charge >= 0.3 is 0 Å². The first kappa shape index (κ1) is 12.0. The molecule has 0 fully saturated rings. The zero-order valence-corrected chi connectivity index (χ0v) is 11.1. The number of hydrogen-bond acceptors (Lipinski definition) is 1. The zero-order chi connectivity index (χ0) is 11.3. The quantitative estimate of drug-likeness (QED) is 0.551. The molecule has 0 aliphatic rings. The fourth-order valence-electron chi connectivity index (χ4n) is 1.40. The predicted octanol–water partition coefficient (Wildman–Crippen LogP) is 3.98. The molecule has 0 bridgehead atoms. The topological polar surface area (TPSA) is 9.23 Å². The van der Waals surface area contributed by atoms with Crippen molar-refractivity contribution in [3.05, 3.63) is 47.7 Å². The molecule has 0 aliphatic heterocycles. The van der Waals surface area contributed by atoms with Gasteiger partial charge in [-0.25, -0.2) is 0 Å². The van der Waals surface area contributed by atoms with E-state index in [2.05, 4.69) is 50.0 Å². The van der Waals surface area contributed by atoms with Crippen molar-refractivity contribution < 1.29 is 4.43 Å². The average molecular weight is 220 g/mol. The summed E-state index contributed by atoms with van der Waals surface area (Å²) in [6, 6.07) is 10.4. The number of benzene rings is 1. The average Bonchev–Trinajstić information content (AvgIpc) is 2.14. The first-order chi connectivity index (χ1) is 6.97. The van der Waals surface area contributed by atoms with Crippen LogP contribution in [0.15, 0.2) is 42.2 Å². The minimum atomic E-state index is -1.43. The van der Waals surface area contributed by atoms with E-state index in [4.69, 9.17) is 4.43 Å². The summed E-state index contributed by atoms with van der Waals surface area (Å²) in [5.41, 5.74) is 1.33. The molecular weight excluding hydrogens is 200 g/mol. The van der Waals surface area contributed by atoms with E-state index in [0.29, 0.717) is 0 Å². The molecule has 15 heavy (non-hydrogen) atoms. The molecule has 0 aliphatic carbocycles. The monoisotopic (exact) mass is 220 g/mol. The number of rotatable bonds is 4. The molecule has 1 rings (SSSR count). The molecule has 0 spiro atoms. The van der Waals surface area contributed by atoms with E-state index in [-0.39, 0.29) is 0 Å². The maximum atomic E-state index is 5.86. The van der Waals surface area contributed by atoms with Crippen LogP contribution in [0.2, 0.25) is 19.6 Å². The smallest absolute Gasteiger partial charge is 0.241 e. The van der Waals surface area contributed by atoms with E-state index >= 15 is 0 Å². The van der Waals surface area contributed by atoms with Crippen LogP contribution < -0.4 is 0 Å². The molecule has 0 N–H and O–H groups in total. The number of allylic oxidation sites excluding steroid dienone is 2. The second-order valence-electron chi connectivity index (χ2n) is 4.72. The van der Waals surface area contributed by atoms with Gasteiger partial charge in [-0.05, 0) is 44.6 Å². The van der Waals surface area contributed by atoms with Gasteiger partial charge in [-0.1, -0.05) is 30.3 Å². The molecule has 0 saturated heterocycles. The molecule has 1 nitrogen and oxygen atoms in total. The van der Waals surface area contributed by atoms with Gasteiger partial charge in [-0.3, -0.25) is 0 Å². The van der Waals surface area contributed by atoms with E-state index < -0.39 is 8.32 Å². The minimum Gasteiger partial charge on any atom is -0.548 e. The summed E-state index contributed by atoms with van der Waals surface area (Å²) in [4.78, 5) is 0. The van der Waals surface area contributed by atoms with Gasteiger partial charge in [0, 0.05) is 0 Å². The van der Waals surface area contributed by atoms with Gasteiger partial charge in [0.2, 0.25) is 8.32 Å². The van der Waals surface area contributed by atoms with E-state index in [1.807, 2.05) is 13.0 Å². The lowest BCUT2D eigenvalue weighted by Crippen LogP contribution is -2.24. The highest BCUT2D eigenvalue weighted by Crippen LogP contribution is 2.11. The fraction of sp³-hybridized carbons (Fsp3) is 0.385. The van der Waals surface area contributed by atoms with E-state index in [1.54, 1.807) is 0 Å². The highest BCUT2D eigenvalue weighted by molar-refractivity contribution is 6.70. The lowest BCUT2D eigenvalue weighted by molar-refractivity contribution is 0.422. The second kappa shape index (κ2) is 5.17. The zero-order valence-electron chi connectivity index (χ0n) is 10.1.